The van der Waals surface area contributed by atoms with E-state index in [1.165, 1.54) is 13.2 Å². The van der Waals surface area contributed by atoms with E-state index >= 15 is 0 Å². The lowest BCUT2D eigenvalue weighted by molar-refractivity contribution is 0.101. The predicted molar refractivity (Wildman–Crippen MR) is 56.7 cm³/mol. The van der Waals surface area contributed by atoms with Crippen LogP contribution in [0.2, 0.25) is 0 Å². The third-order valence-electron chi connectivity index (χ3n) is 2.34. The summed E-state index contributed by atoms with van der Waals surface area (Å²) in [7, 11) is 0. The molecule has 0 aliphatic heterocycles. The van der Waals surface area contributed by atoms with Gasteiger partial charge in [0.05, 0.1) is 5.56 Å². The largest absolute Gasteiger partial charge is 0.363 e. The minimum Gasteiger partial charge on any atom is -0.363 e. The first-order valence-electron chi connectivity index (χ1n) is 4.71. The number of rotatable bonds is 2. The number of ketones is 1. The van der Waals surface area contributed by atoms with Crippen molar-refractivity contribution in [3.8, 4) is 11.1 Å². The number of aryl methyl sites for hydroxylation is 1. The Morgan fingerprint density at radius 2 is 2.00 bits per heavy atom. The van der Waals surface area contributed by atoms with E-state index in [1.54, 1.807) is 0 Å². The third-order valence-corrected chi connectivity index (χ3v) is 2.34. The van der Waals surface area contributed by atoms with Crippen LogP contribution in [-0.2, 0) is 0 Å². The molecule has 0 saturated carbocycles. The van der Waals surface area contributed by atoms with Crippen LogP contribution in [0.15, 0.2) is 35.1 Å². The molecule has 0 aliphatic rings. The summed E-state index contributed by atoms with van der Waals surface area (Å²) in [6.45, 7) is 3.48. The van der Waals surface area contributed by atoms with E-state index in [2.05, 4.69) is 5.16 Å². The molecule has 0 unspecified atom stereocenters. The fourth-order valence-corrected chi connectivity index (χ4v) is 1.56. The average Bonchev–Trinajstić information content (AvgIpc) is 2.67. The van der Waals surface area contributed by atoms with Gasteiger partial charge in [0, 0.05) is 6.92 Å². The molecule has 3 heteroatoms. The number of nitrogens with zero attached hydrogens (tertiary/aromatic N) is 1. The van der Waals surface area contributed by atoms with Crippen molar-refractivity contribution in [2.45, 2.75) is 13.8 Å². The van der Waals surface area contributed by atoms with Crippen molar-refractivity contribution >= 4 is 5.78 Å². The molecule has 0 aliphatic carbocycles. The second-order valence-electron chi connectivity index (χ2n) is 3.45. The first kappa shape index (κ1) is 9.65. The summed E-state index contributed by atoms with van der Waals surface area (Å²) >= 11 is 0. The molecule has 1 aromatic heterocycles. The third kappa shape index (κ3) is 1.68. The van der Waals surface area contributed by atoms with Crippen molar-refractivity contribution in [2.24, 2.45) is 0 Å². The van der Waals surface area contributed by atoms with Gasteiger partial charge < -0.3 is 4.52 Å². The zero-order valence-electron chi connectivity index (χ0n) is 8.65. The molecule has 15 heavy (non-hydrogen) atoms. The minimum absolute atomic E-state index is 0.0815. The van der Waals surface area contributed by atoms with Crippen LogP contribution < -0.4 is 0 Å². The second kappa shape index (κ2) is 3.69. The summed E-state index contributed by atoms with van der Waals surface area (Å²) in [5, 5.41) is 3.71. The van der Waals surface area contributed by atoms with Crippen molar-refractivity contribution in [1.82, 2.24) is 5.16 Å². The highest BCUT2D eigenvalue weighted by atomic mass is 16.5. The van der Waals surface area contributed by atoms with E-state index in [0.29, 0.717) is 5.69 Å². The van der Waals surface area contributed by atoms with Crippen molar-refractivity contribution in [3.63, 3.8) is 0 Å². The lowest BCUT2D eigenvalue weighted by Gasteiger charge is -2.02. The summed E-state index contributed by atoms with van der Waals surface area (Å²) in [4.78, 5) is 11.3. The van der Waals surface area contributed by atoms with Gasteiger partial charge in [0.15, 0.2) is 11.5 Å². The molecule has 3 nitrogen and oxygen atoms in total. The van der Waals surface area contributed by atoms with E-state index in [0.717, 1.165) is 16.7 Å². The molecule has 2 rings (SSSR count). The average molecular weight is 201 g/mol. The molecular weight excluding hydrogens is 190 g/mol. The number of carbonyl (C=O) groups is 1. The lowest BCUT2D eigenvalue weighted by atomic mass is 10.0. The Labute approximate surface area is 87.7 Å². The topological polar surface area (TPSA) is 43.1 Å². The number of benzene rings is 1. The van der Waals surface area contributed by atoms with Crippen LogP contribution in [0.25, 0.3) is 11.1 Å². The Kier molecular flexibility index (Phi) is 2.37. The maximum Gasteiger partial charge on any atom is 0.182 e. The highest BCUT2D eigenvalue weighted by molar-refractivity contribution is 5.98. The summed E-state index contributed by atoms with van der Waals surface area (Å²) in [5.41, 5.74) is 3.25. The van der Waals surface area contributed by atoms with E-state index in [-0.39, 0.29) is 5.78 Å². The van der Waals surface area contributed by atoms with Crippen LogP contribution in [0, 0.1) is 6.92 Å². The Bertz CT molecular complexity index is 500. The number of hydrogen-bond donors (Lipinski definition) is 0. The highest BCUT2D eigenvalue weighted by Crippen LogP contribution is 2.26. The van der Waals surface area contributed by atoms with Gasteiger partial charge >= 0.3 is 0 Å². The Morgan fingerprint density at radius 3 is 2.67 bits per heavy atom. The van der Waals surface area contributed by atoms with E-state index in [1.807, 2.05) is 31.2 Å². The van der Waals surface area contributed by atoms with Crippen molar-refractivity contribution < 1.29 is 9.32 Å². The van der Waals surface area contributed by atoms with Crippen molar-refractivity contribution in [1.29, 1.82) is 0 Å². The number of hydrogen-bond acceptors (Lipinski definition) is 3. The smallest absolute Gasteiger partial charge is 0.182 e. The van der Waals surface area contributed by atoms with Crippen molar-refractivity contribution in [2.75, 3.05) is 0 Å². The molecule has 2 aromatic rings. The fraction of sp³-hybridized carbons (Fsp3) is 0.167. The van der Waals surface area contributed by atoms with Crippen LogP contribution in [-0.4, -0.2) is 10.9 Å². The van der Waals surface area contributed by atoms with Crippen LogP contribution in [0.4, 0.5) is 0 Å². The Balaban J connectivity index is 2.59. The zero-order valence-corrected chi connectivity index (χ0v) is 8.65. The molecule has 0 radical (unpaired) electrons. The second-order valence-corrected chi connectivity index (χ2v) is 3.45. The SMILES string of the molecule is CC(=O)c1nocc1-c1ccccc1C. The van der Waals surface area contributed by atoms with Gasteiger partial charge in [-0.1, -0.05) is 29.4 Å². The Hall–Kier alpha value is -1.90. The molecule has 76 valence electrons. The van der Waals surface area contributed by atoms with Gasteiger partial charge in [-0.3, -0.25) is 4.79 Å². The molecule has 0 N–H and O–H groups in total. The molecular formula is C12H11NO2. The quantitative estimate of drug-likeness (QED) is 0.701. The van der Waals surface area contributed by atoms with Crippen LogP contribution >= 0.6 is 0 Å². The van der Waals surface area contributed by atoms with E-state index in [4.69, 9.17) is 4.52 Å². The molecule has 0 atom stereocenters. The van der Waals surface area contributed by atoms with Gasteiger partial charge in [-0.15, -0.1) is 0 Å². The molecule has 0 bridgehead atoms. The number of aromatic nitrogens is 1. The normalized spacial score (nSPS) is 10.3. The zero-order chi connectivity index (χ0) is 10.8. The minimum atomic E-state index is -0.0815. The summed E-state index contributed by atoms with van der Waals surface area (Å²) in [6, 6.07) is 7.83. The molecule has 0 spiro atoms. The lowest BCUT2D eigenvalue weighted by Crippen LogP contribution is -1.95. The molecule has 0 fully saturated rings. The van der Waals surface area contributed by atoms with Crippen LogP contribution in [0.1, 0.15) is 23.0 Å². The number of carbonyl (C=O) groups excluding carboxylic acids is 1. The van der Waals surface area contributed by atoms with Crippen LogP contribution in [0.5, 0.6) is 0 Å². The molecule has 1 heterocycles. The van der Waals surface area contributed by atoms with E-state index < -0.39 is 0 Å². The van der Waals surface area contributed by atoms with Gasteiger partial charge in [0.25, 0.3) is 0 Å². The molecule has 0 saturated heterocycles. The maximum absolute atomic E-state index is 11.3. The standard InChI is InChI=1S/C12H11NO2/c1-8-5-3-4-6-10(8)11-7-15-13-12(11)9(2)14/h3-7H,1-2H3. The first-order valence-corrected chi connectivity index (χ1v) is 4.71. The molecule has 0 amide bonds. The molecule has 1 aromatic carbocycles. The predicted octanol–water partition coefficient (Wildman–Crippen LogP) is 2.85. The van der Waals surface area contributed by atoms with Crippen LogP contribution in [0.3, 0.4) is 0 Å². The van der Waals surface area contributed by atoms with Gasteiger partial charge in [-0.25, -0.2) is 0 Å². The summed E-state index contributed by atoms with van der Waals surface area (Å²) in [6.07, 6.45) is 1.51. The first-order chi connectivity index (χ1) is 7.20. The summed E-state index contributed by atoms with van der Waals surface area (Å²) < 4.78 is 4.85. The summed E-state index contributed by atoms with van der Waals surface area (Å²) in [5.74, 6) is -0.0815. The highest BCUT2D eigenvalue weighted by Gasteiger charge is 2.14. The Morgan fingerprint density at radius 1 is 1.27 bits per heavy atom. The maximum atomic E-state index is 11.3. The van der Waals surface area contributed by atoms with Gasteiger partial charge in [-0.05, 0) is 18.1 Å². The monoisotopic (exact) mass is 201 g/mol. The van der Waals surface area contributed by atoms with E-state index in [9.17, 15) is 4.79 Å². The fourth-order valence-electron chi connectivity index (χ4n) is 1.56. The number of Topliss-reactive ketones (excluding diaryl/α,β-unsaturated/α-hetero) is 1. The van der Waals surface area contributed by atoms with Gasteiger partial charge in [0.2, 0.25) is 0 Å². The van der Waals surface area contributed by atoms with Crippen molar-refractivity contribution in [3.05, 3.63) is 41.8 Å². The van der Waals surface area contributed by atoms with Gasteiger partial charge in [0.1, 0.15) is 6.26 Å². The van der Waals surface area contributed by atoms with Gasteiger partial charge in [-0.2, -0.15) is 0 Å².